The highest BCUT2D eigenvalue weighted by Gasteiger charge is 2.16. The summed E-state index contributed by atoms with van der Waals surface area (Å²) in [6.45, 7) is 6.85. The minimum atomic E-state index is -0.137. The molecule has 0 aromatic carbocycles. The maximum absolute atomic E-state index is 12.4. The molecular weight excluding hydrogens is 284 g/mol. The SMILES string of the molecule is CCCNc1ccncc1C(=O)NC(C)c1ncc(C)s1. The second kappa shape index (κ2) is 7.17. The summed E-state index contributed by atoms with van der Waals surface area (Å²) < 4.78 is 0. The molecule has 0 radical (unpaired) electrons. The molecule has 21 heavy (non-hydrogen) atoms. The van der Waals surface area contributed by atoms with E-state index in [0.29, 0.717) is 5.56 Å². The van der Waals surface area contributed by atoms with Crippen molar-refractivity contribution >= 4 is 22.9 Å². The fraction of sp³-hybridized carbons (Fsp3) is 0.400. The first kappa shape index (κ1) is 15.4. The van der Waals surface area contributed by atoms with Crippen LogP contribution in [0.3, 0.4) is 0 Å². The number of nitrogens with one attached hydrogen (secondary N) is 2. The second-order valence-corrected chi connectivity index (χ2v) is 6.12. The number of aromatic nitrogens is 2. The summed E-state index contributed by atoms with van der Waals surface area (Å²) in [6.07, 6.45) is 6.09. The van der Waals surface area contributed by atoms with Gasteiger partial charge in [0.1, 0.15) is 5.01 Å². The summed E-state index contributed by atoms with van der Waals surface area (Å²) in [7, 11) is 0. The lowest BCUT2D eigenvalue weighted by molar-refractivity contribution is 0.0940. The number of pyridine rings is 1. The van der Waals surface area contributed by atoms with Gasteiger partial charge in [-0.1, -0.05) is 6.92 Å². The number of hydrogen-bond acceptors (Lipinski definition) is 5. The maximum atomic E-state index is 12.4. The predicted molar refractivity (Wildman–Crippen MR) is 85.7 cm³/mol. The van der Waals surface area contributed by atoms with Crippen molar-refractivity contribution in [1.29, 1.82) is 0 Å². The largest absolute Gasteiger partial charge is 0.384 e. The van der Waals surface area contributed by atoms with E-state index in [1.807, 2.05) is 26.1 Å². The van der Waals surface area contributed by atoms with E-state index in [1.54, 1.807) is 23.7 Å². The van der Waals surface area contributed by atoms with Crippen molar-refractivity contribution in [2.45, 2.75) is 33.2 Å². The highest BCUT2D eigenvalue weighted by molar-refractivity contribution is 7.11. The van der Waals surface area contributed by atoms with Crippen molar-refractivity contribution in [2.75, 3.05) is 11.9 Å². The molecule has 1 unspecified atom stereocenters. The van der Waals surface area contributed by atoms with Crippen LogP contribution in [0.2, 0.25) is 0 Å². The average molecular weight is 304 g/mol. The predicted octanol–water partition coefficient (Wildman–Crippen LogP) is 3.16. The van der Waals surface area contributed by atoms with Gasteiger partial charge in [-0.05, 0) is 26.3 Å². The summed E-state index contributed by atoms with van der Waals surface area (Å²) >= 11 is 1.59. The van der Waals surface area contributed by atoms with E-state index in [2.05, 4.69) is 27.5 Å². The number of hydrogen-bond donors (Lipinski definition) is 2. The smallest absolute Gasteiger partial charge is 0.255 e. The molecule has 0 spiro atoms. The number of anilines is 1. The van der Waals surface area contributed by atoms with E-state index in [-0.39, 0.29) is 11.9 Å². The Labute approximate surface area is 128 Å². The van der Waals surface area contributed by atoms with Crippen molar-refractivity contribution in [3.8, 4) is 0 Å². The molecule has 0 fully saturated rings. The molecule has 0 aliphatic rings. The lowest BCUT2D eigenvalue weighted by Gasteiger charge is -2.14. The summed E-state index contributed by atoms with van der Waals surface area (Å²) in [5.41, 5.74) is 1.37. The van der Waals surface area contributed by atoms with Crippen LogP contribution >= 0.6 is 11.3 Å². The molecule has 6 heteroatoms. The molecular formula is C15H20N4OS. The van der Waals surface area contributed by atoms with E-state index < -0.39 is 0 Å². The van der Waals surface area contributed by atoms with Crippen LogP contribution < -0.4 is 10.6 Å². The molecule has 2 heterocycles. The third-order valence-corrected chi connectivity index (χ3v) is 4.08. The van der Waals surface area contributed by atoms with Crippen LogP contribution in [0.25, 0.3) is 0 Å². The van der Waals surface area contributed by atoms with Crippen molar-refractivity contribution in [3.05, 3.63) is 40.1 Å². The zero-order valence-electron chi connectivity index (χ0n) is 12.5. The summed E-state index contributed by atoms with van der Waals surface area (Å²) in [6, 6.07) is 1.71. The Balaban J connectivity index is 2.09. The van der Waals surface area contributed by atoms with Gasteiger partial charge in [-0.3, -0.25) is 9.78 Å². The van der Waals surface area contributed by atoms with E-state index >= 15 is 0 Å². The average Bonchev–Trinajstić information content (AvgIpc) is 2.92. The third-order valence-electron chi connectivity index (χ3n) is 2.99. The molecule has 2 aromatic rings. The van der Waals surface area contributed by atoms with Crippen LogP contribution in [-0.2, 0) is 0 Å². The monoisotopic (exact) mass is 304 g/mol. The summed E-state index contributed by atoms with van der Waals surface area (Å²) in [5.74, 6) is -0.137. The molecule has 2 rings (SSSR count). The number of amides is 1. The summed E-state index contributed by atoms with van der Waals surface area (Å²) in [4.78, 5) is 21.9. The Morgan fingerprint density at radius 3 is 2.90 bits per heavy atom. The van der Waals surface area contributed by atoms with Gasteiger partial charge in [-0.25, -0.2) is 4.98 Å². The molecule has 112 valence electrons. The van der Waals surface area contributed by atoms with Gasteiger partial charge in [-0.2, -0.15) is 0 Å². The Kier molecular flexibility index (Phi) is 5.27. The van der Waals surface area contributed by atoms with E-state index in [0.717, 1.165) is 28.5 Å². The van der Waals surface area contributed by atoms with Gasteiger partial charge in [0.15, 0.2) is 0 Å². The minimum absolute atomic E-state index is 0.115. The van der Waals surface area contributed by atoms with Gasteiger partial charge >= 0.3 is 0 Å². The van der Waals surface area contributed by atoms with Crippen molar-refractivity contribution < 1.29 is 4.79 Å². The number of carbonyl (C=O) groups excluding carboxylic acids is 1. The fourth-order valence-electron chi connectivity index (χ4n) is 1.90. The molecule has 5 nitrogen and oxygen atoms in total. The van der Waals surface area contributed by atoms with E-state index in [1.165, 1.54) is 0 Å². The van der Waals surface area contributed by atoms with Gasteiger partial charge in [0.05, 0.1) is 17.3 Å². The van der Waals surface area contributed by atoms with Gasteiger partial charge in [0, 0.05) is 30.0 Å². The number of carbonyl (C=O) groups is 1. The fourth-order valence-corrected chi connectivity index (χ4v) is 2.67. The van der Waals surface area contributed by atoms with Crippen molar-refractivity contribution in [3.63, 3.8) is 0 Å². The Hall–Kier alpha value is -1.95. The third kappa shape index (κ3) is 4.01. The lowest BCUT2D eigenvalue weighted by atomic mass is 10.2. The van der Waals surface area contributed by atoms with Crippen LogP contribution in [0.1, 0.15) is 46.6 Å². The highest BCUT2D eigenvalue weighted by atomic mass is 32.1. The Morgan fingerprint density at radius 2 is 2.24 bits per heavy atom. The number of thiazole rings is 1. The van der Waals surface area contributed by atoms with E-state index in [4.69, 9.17) is 0 Å². The van der Waals surface area contributed by atoms with E-state index in [9.17, 15) is 4.79 Å². The van der Waals surface area contributed by atoms with Gasteiger partial charge in [0.2, 0.25) is 0 Å². The van der Waals surface area contributed by atoms with Crippen LogP contribution in [0.5, 0.6) is 0 Å². The van der Waals surface area contributed by atoms with Gasteiger partial charge in [-0.15, -0.1) is 11.3 Å². The normalized spacial score (nSPS) is 12.0. The standard InChI is InChI=1S/C15H20N4OS/c1-4-6-17-13-5-7-16-9-12(13)14(20)19-11(3)15-18-8-10(2)21-15/h5,7-9,11H,4,6H2,1-3H3,(H,16,17)(H,19,20). The first-order chi connectivity index (χ1) is 10.1. The molecule has 2 N–H and O–H groups in total. The van der Waals surface area contributed by atoms with Crippen LogP contribution in [0, 0.1) is 6.92 Å². The molecule has 0 bridgehead atoms. The minimum Gasteiger partial charge on any atom is -0.384 e. The first-order valence-corrected chi connectivity index (χ1v) is 7.84. The second-order valence-electron chi connectivity index (χ2n) is 4.85. The zero-order chi connectivity index (χ0) is 15.2. The van der Waals surface area contributed by atoms with Crippen molar-refractivity contribution in [1.82, 2.24) is 15.3 Å². The van der Waals surface area contributed by atoms with Crippen LogP contribution in [0.15, 0.2) is 24.7 Å². The van der Waals surface area contributed by atoms with Gasteiger partial charge < -0.3 is 10.6 Å². The highest BCUT2D eigenvalue weighted by Crippen LogP contribution is 2.20. The summed E-state index contributed by atoms with van der Waals surface area (Å²) in [5, 5.41) is 7.13. The molecule has 0 aliphatic heterocycles. The maximum Gasteiger partial charge on any atom is 0.255 e. The molecule has 0 aliphatic carbocycles. The quantitative estimate of drug-likeness (QED) is 0.860. The first-order valence-electron chi connectivity index (χ1n) is 7.03. The number of aryl methyl sites for hydroxylation is 1. The van der Waals surface area contributed by atoms with Gasteiger partial charge in [0.25, 0.3) is 5.91 Å². The molecule has 1 amide bonds. The lowest BCUT2D eigenvalue weighted by Crippen LogP contribution is -2.27. The van der Waals surface area contributed by atoms with Crippen LogP contribution in [0.4, 0.5) is 5.69 Å². The van der Waals surface area contributed by atoms with Crippen LogP contribution in [-0.4, -0.2) is 22.4 Å². The Morgan fingerprint density at radius 1 is 1.43 bits per heavy atom. The molecule has 2 aromatic heterocycles. The Bertz CT molecular complexity index is 611. The zero-order valence-corrected chi connectivity index (χ0v) is 13.3. The topological polar surface area (TPSA) is 66.9 Å². The molecule has 0 saturated carbocycles. The molecule has 0 saturated heterocycles. The van der Waals surface area contributed by atoms with Crippen molar-refractivity contribution in [2.24, 2.45) is 0 Å². The number of rotatable bonds is 6. The number of nitrogens with zero attached hydrogens (tertiary/aromatic N) is 2. The molecule has 1 atom stereocenters.